The zero-order valence-corrected chi connectivity index (χ0v) is 8.24. The third kappa shape index (κ3) is 1.68. The first kappa shape index (κ1) is 9.64. The van der Waals surface area contributed by atoms with E-state index in [-0.39, 0.29) is 35.9 Å². The van der Waals surface area contributed by atoms with Crippen molar-refractivity contribution in [1.29, 1.82) is 0 Å². The minimum absolute atomic E-state index is 0.00532. The molecule has 2 heterocycles. The van der Waals surface area contributed by atoms with Gasteiger partial charge in [-0.15, -0.1) is 0 Å². The molecule has 1 N–H and O–H groups in total. The molecule has 5 nitrogen and oxygen atoms in total. The summed E-state index contributed by atoms with van der Waals surface area (Å²) in [6.07, 6.45) is 1.46. The summed E-state index contributed by atoms with van der Waals surface area (Å²) in [6, 6.07) is 1.61. The largest absolute Gasteiger partial charge is 0.327 e. The summed E-state index contributed by atoms with van der Waals surface area (Å²) in [5.41, 5.74) is 0.756. The molecule has 0 aromatic carbocycles. The number of hydrogen-bond acceptors (Lipinski definition) is 3. The molecule has 1 aliphatic rings. The average Bonchev–Trinajstić information content (AvgIpc) is 2.50. The van der Waals surface area contributed by atoms with E-state index in [1.807, 2.05) is 6.92 Å². The topological polar surface area (TPSA) is 70.2 Å². The normalized spacial score (nSPS) is 16.2. The number of aromatic amines is 1. The van der Waals surface area contributed by atoms with Gasteiger partial charge < -0.3 is 4.98 Å². The number of pyridine rings is 1. The van der Waals surface area contributed by atoms with Crippen LogP contribution in [-0.4, -0.2) is 23.2 Å². The highest BCUT2D eigenvalue weighted by atomic mass is 16.2. The molecule has 1 fully saturated rings. The number of ketones is 1. The number of anilines is 1. The van der Waals surface area contributed by atoms with Gasteiger partial charge in [-0.2, -0.15) is 0 Å². The van der Waals surface area contributed by atoms with Crippen LogP contribution in [-0.2, 0) is 9.59 Å². The van der Waals surface area contributed by atoms with Crippen molar-refractivity contribution in [2.75, 3.05) is 11.4 Å². The molecule has 0 atom stereocenters. The maximum atomic E-state index is 11.4. The molecule has 1 amide bonds. The Bertz CT molecular complexity index is 490. The van der Waals surface area contributed by atoms with E-state index >= 15 is 0 Å². The smallest absolute Gasteiger partial charge is 0.271 e. The van der Waals surface area contributed by atoms with E-state index in [0.717, 1.165) is 5.56 Å². The lowest BCUT2D eigenvalue weighted by molar-refractivity contribution is -0.121. The second kappa shape index (κ2) is 3.34. The summed E-state index contributed by atoms with van der Waals surface area (Å²) in [5, 5.41) is 0. The Hall–Kier alpha value is -1.91. The van der Waals surface area contributed by atoms with Crippen molar-refractivity contribution in [3.05, 3.63) is 28.2 Å². The Morgan fingerprint density at radius 2 is 2.07 bits per heavy atom. The van der Waals surface area contributed by atoms with Gasteiger partial charge in [0.15, 0.2) is 5.78 Å². The van der Waals surface area contributed by atoms with Gasteiger partial charge in [0.05, 0.1) is 13.0 Å². The number of H-pyrrole nitrogens is 1. The van der Waals surface area contributed by atoms with Gasteiger partial charge >= 0.3 is 0 Å². The Kier molecular flexibility index (Phi) is 2.15. The molecule has 1 aromatic rings. The average molecular weight is 206 g/mol. The number of nitrogens with one attached hydrogen (secondary N) is 1. The van der Waals surface area contributed by atoms with Gasteiger partial charge in [-0.1, -0.05) is 0 Å². The van der Waals surface area contributed by atoms with Crippen molar-refractivity contribution < 1.29 is 9.59 Å². The molecule has 1 aliphatic heterocycles. The van der Waals surface area contributed by atoms with E-state index in [1.54, 1.807) is 12.3 Å². The van der Waals surface area contributed by atoms with E-state index in [1.165, 1.54) is 4.90 Å². The fourth-order valence-corrected chi connectivity index (χ4v) is 1.58. The minimum atomic E-state index is -0.344. The molecular weight excluding hydrogens is 196 g/mol. The summed E-state index contributed by atoms with van der Waals surface area (Å²) in [6.45, 7) is 1.81. The molecule has 1 aromatic heterocycles. The maximum absolute atomic E-state index is 11.4. The maximum Gasteiger partial charge on any atom is 0.271 e. The molecule has 0 saturated carbocycles. The van der Waals surface area contributed by atoms with Gasteiger partial charge in [0.25, 0.3) is 5.56 Å². The van der Waals surface area contributed by atoms with Crippen molar-refractivity contribution in [2.45, 2.75) is 13.3 Å². The van der Waals surface area contributed by atoms with E-state index in [4.69, 9.17) is 0 Å². The summed E-state index contributed by atoms with van der Waals surface area (Å²) in [7, 11) is 0. The van der Waals surface area contributed by atoms with Gasteiger partial charge in [-0.3, -0.25) is 19.3 Å². The van der Waals surface area contributed by atoms with Crippen LogP contribution in [0.3, 0.4) is 0 Å². The Balaban J connectivity index is 2.46. The SMILES string of the molecule is Cc1c[nH]c(=O)c(N2CC(=O)CC2=O)c1. The lowest BCUT2D eigenvalue weighted by Gasteiger charge is -2.13. The van der Waals surface area contributed by atoms with Gasteiger partial charge in [-0.25, -0.2) is 0 Å². The van der Waals surface area contributed by atoms with E-state index in [0.29, 0.717) is 0 Å². The fourth-order valence-electron chi connectivity index (χ4n) is 1.58. The lowest BCUT2D eigenvalue weighted by atomic mass is 10.3. The number of aryl methyl sites for hydroxylation is 1. The van der Waals surface area contributed by atoms with Crippen LogP contribution in [0.2, 0.25) is 0 Å². The van der Waals surface area contributed by atoms with Crippen LogP contribution < -0.4 is 10.5 Å². The van der Waals surface area contributed by atoms with Crippen molar-refractivity contribution >= 4 is 17.4 Å². The monoisotopic (exact) mass is 206 g/mol. The molecular formula is C10H10N2O3. The molecule has 5 heteroatoms. The van der Waals surface area contributed by atoms with Crippen molar-refractivity contribution in [3.63, 3.8) is 0 Å². The number of carbonyl (C=O) groups is 2. The predicted molar refractivity (Wildman–Crippen MR) is 53.8 cm³/mol. The number of hydrogen-bond donors (Lipinski definition) is 1. The van der Waals surface area contributed by atoms with Crippen LogP contribution in [0, 0.1) is 6.92 Å². The van der Waals surface area contributed by atoms with Crippen LogP contribution in [0.15, 0.2) is 17.1 Å². The van der Waals surface area contributed by atoms with E-state index in [2.05, 4.69) is 4.98 Å². The number of rotatable bonds is 1. The Labute approximate surface area is 85.7 Å². The van der Waals surface area contributed by atoms with Gasteiger partial charge in [0.1, 0.15) is 5.69 Å². The van der Waals surface area contributed by atoms with Gasteiger partial charge in [0, 0.05) is 6.20 Å². The quantitative estimate of drug-likeness (QED) is 0.657. The van der Waals surface area contributed by atoms with Gasteiger partial charge in [0.2, 0.25) is 5.91 Å². The van der Waals surface area contributed by atoms with E-state index < -0.39 is 0 Å². The van der Waals surface area contributed by atoms with E-state index in [9.17, 15) is 14.4 Å². The Morgan fingerprint density at radius 3 is 2.67 bits per heavy atom. The molecule has 1 saturated heterocycles. The second-order valence-corrected chi connectivity index (χ2v) is 3.59. The van der Waals surface area contributed by atoms with Crippen LogP contribution in [0.25, 0.3) is 0 Å². The van der Waals surface area contributed by atoms with Crippen LogP contribution in [0.1, 0.15) is 12.0 Å². The Morgan fingerprint density at radius 1 is 1.33 bits per heavy atom. The highest BCUT2D eigenvalue weighted by Gasteiger charge is 2.30. The van der Waals surface area contributed by atoms with Crippen LogP contribution in [0.5, 0.6) is 0 Å². The molecule has 78 valence electrons. The number of aromatic nitrogens is 1. The molecule has 2 rings (SSSR count). The molecule has 0 spiro atoms. The number of carbonyl (C=O) groups excluding carboxylic acids is 2. The third-order valence-corrected chi connectivity index (χ3v) is 2.30. The second-order valence-electron chi connectivity index (χ2n) is 3.59. The van der Waals surface area contributed by atoms with Crippen molar-refractivity contribution in [1.82, 2.24) is 4.98 Å². The summed E-state index contributed by atoms with van der Waals surface area (Å²) in [5.74, 6) is -0.461. The van der Waals surface area contributed by atoms with Crippen molar-refractivity contribution in [2.24, 2.45) is 0 Å². The number of amides is 1. The molecule has 0 unspecified atom stereocenters. The standard InChI is InChI=1S/C10H10N2O3/c1-6-2-8(10(15)11-4-6)12-5-7(13)3-9(12)14/h2,4H,3,5H2,1H3,(H,11,15). The highest BCUT2D eigenvalue weighted by molar-refractivity contribution is 6.14. The van der Waals surface area contributed by atoms with Crippen LogP contribution >= 0.6 is 0 Å². The van der Waals surface area contributed by atoms with Crippen molar-refractivity contribution in [3.8, 4) is 0 Å². The molecule has 0 bridgehead atoms. The first-order valence-electron chi connectivity index (χ1n) is 4.59. The molecule has 0 radical (unpaired) electrons. The fraction of sp³-hybridized carbons (Fsp3) is 0.300. The first-order chi connectivity index (χ1) is 7.08. The third-order valence-electron chi connectivity index (χ3n) is 2.30. The summed E-state index contributed by atoms with van der Waals surface area (Å²) in [4.78, 5) is 37.7. The number of Topliss-reactive ketones (excluding diaryl/α,β-unsaturated/α-hetero) is 1. The van der Waals surface area contributed by atoms with Crippen LogP contribution in [0.4, 0.5) is 5.69 Å². The van der Waals surface area contributed by atoms with Gasteiger partial charge in [-0.05, 0) is 18.6 Å². The predicted octanol–water partition coefficient (Wildman–Crippen LogP) is -0.0109. The number of nitrogens with zero attached hydrogens (tertiary/aromatic N) is 1. The zero-order chi connectivity index (χ0) is 11.0. The minimum Gasteiger partial charge on any atom is -0.327 e. The molecule has 0 aliphatic carbocycles. The summed E-state index contributed by atoms with van der Waals surface area (Å²) >= 11 is 0. The zero-order valence-electron chi connectivity index (χ0n) is 8.24. The first-order valence-corrected chi connectivity index (χ1v) is 4.59. The lowest BCUT2D eigenvalue weighted by Crippen LogP contribution is -2.30. The highest BCUT2D eigenvalue weighted by Crippen LogP contribution is 2.15. The molecule has 15 heavy (non-hydrogen) atoms. The summed E-state index contributed by atoms with van der Waals surface area (Å²) < 4.78 is 0.